The highest BCUT2D eigenvalue weighted by Gasteiger charge is 2.11. The van der Waals surface area contributed by atoms with Gasteiger partial charge in [-0.3, -0.25) is 4.57 Å². The van der Waals surface area contributed by atoms with E-state index in [1.54, 1.807) is 17.0 Å². The number of hydrogen-bond donors (Lipinski definition) is 1. The molecule has 1 N–H and O–H groups in total. The Morgan fingerprint density at radius 2 is 2.28 bits per heavy atom. The zero-order valence-electron chi connectivity index (χ0n) is 10.9. The standard InChI is InChI=1S/C12H18N4O2/c1-9-11(10(2)18-14-9)8-15(3)6-7-16-5-4-13-12(16)17/h4-5H,6-8H2,1-3H3,(H,13,17). The van der Waals surface area contributed by atoms with Gasteiger partial charge in [-0.15, -0.1) is 0 Å². The molecule has 0 saturated heterocycles. The molecule has 0 aromatic carbocycles. The average molecular weight is 250 g/mol. The molecule has 0 bridgehead atoms. The fraction of sp³-hybridized carbons (Fsp3) is 0.500. The lowest BCUT2D eigenvalue weighted by Crippen LogP contribution is -2.27. The minimum Gasteiger partial charge on any atom is -0.361 e. The van der Waals surface area contributed by atoms with Gasteiger partial charge >= 0.3 is 5.69 Å². The maximum atomic E-state index is 11.3. The van der Waals surface area contributed by atoms with Crippen LogP contribution in [-0.2, 0) is 13.1 Å². The van der Waals surface area contributed by atoms with Gasteiger partial charge in [0.1, 0.15) is 5.76 Å². The van der Waals surface area contributed by atoms with Crippen LogP contribution in [0.1, 0.15) is 17.0 Å². The van der Waals surface area contributed by atoms with Crippen molar-refractivity contribution in [3.63, 3.8) is 0 Å². The van der Waals surface area contributed by atoms with E-state index in [2.05, 4.69) is 15.0 Å². The third kappa shape index (κ3) is 2.70. The lowest BCUT2D eigenvalue weighted by atomic mass is 10.2. The van der Waals surface area contributed by atoms with Gasteiger partial charge in [0, 0.05) is 37.6 Å². The Kier molecular flexibility index (Phi) is 3.66. The van der Waals surface area contributed by atoms with Crippen molar-refractivity contribution in [2.75, 3.05) is 13.6 Å². The topological polar surface area (TPSA) is 67.1 Å². The lowest BCUT2D eigenvalue weighted by Gasteiger charge is -2.16. The number of aromatic nitrogens is 3. The number of aromatic amines is 1. The molecule has 98 valence electrons. The summed E-state index contributed by atoms with van der Waals surface area (Å²) in [5.41, 5.74) is 1.98. The summed E-state index contributed by atoms with van der Waals surface area (Å²) in [7, 11) is 2.02. The summed E-state index contributed by atoms with van der Waals surface area (Å²) >= 11 is 0. The average Bonchev–Trinajstić information content (AvgIpc) is 2.87. The fourth-order valence-corrected chi connectivity index (χ4v) is 1.88. The molecule has 6 heteroatoms. The molecule has 0 radical (unpaired) electrons. The molecule has 0 aliphatic rings. The number of imidazole rings is 1. The van der Waals surface area contributed by atoms with Gasteiger partial charge in [-0.1, -0.05) is 5.16 Å². The predicted molar refractivity (Wildman–Crippen MR) is 67.4 cm³/mol. The summed E-state index contributed by atoms with van der Waals surface area (Å²) in [4.78, 5) is 16.1. The van der Waals surface area contributed by atoms with E-state index in [-0.39, 0.29) is 5.69 Å². The lowest BCUT2D eigenvalue weighted by molar-refractivity contribution is 0.306. The van der Waals surface area contributed by atoms with E-state index in [9.17, 15) is 4.79 Å². The number of rotatable bonds is 5. The first kappa shape index (κ1) is 12.6. The Hall–Kier alpha value is -1.82. The van der Waals surface area contributed by atoms with Gasteiger partial charge in [0.2, 0.25) is 0 Å². The predicted octanol–water partition coefficient (Wildman–Crippen LogP) is 0.913. The molecule has 18 heavy (non-hydrogen) atoms. The Morgan fingerprint density at radius 3 is 2.83 bits per heavy atom. The van der Waals surface area contributed by atoms with E-state index in [0.29, 0.717) is 6.54 Å². The maximum Gasteiger partial charge on any atom is 0.325 e. The van der Waals surface area contributed by atoms with Gasteiger partial charge in [0.25, 0.3) is 0 Å². The molecular weight excluding hydrogens is 232 g/mol. The zero-order chi connectivity index (χ0) is 13.1. The molecule has 0 spiro atoms. The molecule has 2 rings (SSSR count). The van der Waals surface area contributed by atoms with Crippen LogP contribution in [-0.4, -0.2) is 33.2 Å². The third-order valence-electron chi connectivity index (χ3n) is 3.05. The second kappa shape index (κ2) is 5.22. The summed E-state index contributed by atoms with van der Waals surface area (Å²) in [6.45, 7) is 6.10. The molecule has 2 aromatic rings. The largest absolute Gasteiger partial charge is 0.361 e. The highest BCUT2D eigenvalue weighted by Crippen LogP contribution is 2.13. The number of H-pyrrole nitrogens is 1. The number of nitrogens with one attached hydrogen (secondary N) is 1. The van der Waals surface area contributed by atoms with E-state index >= 15 is 0 Å². The number of likely N-dealkylation sites (N-methyl/N-ethyl adjacent to an activating group) is 1. The number of hydrogen-bond acceptors (Lipinski definition) is 4. The van der Waals surface area contributed by atoms with E-state index in [1.165, 1.54) is 0 Å². The molecule has 0 atom stereocenters. The van der Waals surface area contributed by atoms with Crippen LogP contribution >= 0.6 is 0 Å². The van der Waals surface area contributed by atoms with Crippen LogP contribution in [0.3, 0.4) is 0 Å². The van der Waals surface area contributed by atoms with Crippen molar-refractivity contribution >= 4 is 0 Å². The Balaban J connectivity index is 1.92. The first-order valence-electron chi connectivity index (χ1n) is 5.92. The normalized spacial score (nSPS) is 11.3. The highest BCUT2D eigenvalue weighted by molar-refractivity contribution is 5.20. The molecule has 0 aliphatic heterocycles. The van der Waals surface area contributed by atoms with Gasteiger partial charge in [0.15, 0.2) is 0 Å². The van der Waals surface area contributed by atoms with E-state index < -0.39 is 0 Å². The molecule has 0 saturated carbocycles. The van der Waals surface area contributed by atoms with Crippen molar-refractivity contribution in [3.8, 4) is 0 Å². The van der Waals surface area contributed by atoms with Gasteiger partial charge < -0.3 is 14.4 Å². The van der Waals surface area contributed by atoms with Crippen LogP contribution in [0.4, 0.5) is 0 Å². The molecule has 6 nitrogen and oxygen atoms in total. The van der Waals surface area contributed by atoms with Crippen molar-refractivity contribution in [1.82, 2.24) is 19.6 Å². The van der Waals surface area contributed by atoms with Crippen LogP contribution in [0.2, 0.25) is 0 Å². The second-order valence-corrected chi connectivity index (χ2v) is 4.50. The molecule has 0 aliphatic carbocycles. The monoisotopic (exact) mass is 250 g/mol. The van der Waals surface area contributed by atoms with Gasteiger partial charge in [0.05, 0.1) is 5.69 Å². The van der Waals surface area contributed by atoms with Crippen molar-refractivity contribution in [1.29, 1.82) is 0 Å². The minimum absolute atomic E-state index is 0.0688. The van der Waals surface area contributed by atoms with Gasteiger partial charge in [-0.05, 0) is 20.9 Å². The second-order valence-electron chi connectivity index (χ2n) is 4.50. The smallest absolute Gasteiger partial charge is 0.325 e. The van der Waals surface area contributed by atoms with Gasteiger partial charge in [-0.2, -0.15) is 0 Å². The fourth-order valence-electron chi connectivity index (χ4n) is 1.88. The van der Waals surface area contributed by atoms with Crippen molar-refractivity contribution in [2.45, 2.75) is 26.9 Å². The summed E-state index contributed by atoms with van der Waals surface area (Å²) in [5, 5.41) is 3.93. The molecule has 0 amide bonds. The van der Waals surface area contributed by atoms with Crippen LogP contribution in [0.15, 0.2) is 21.7 Å². The minimum atomic E-state index is -0.0688. The molecule has 2 heterocycles. The molecule has 0 unspecified atom stereocenters. The van der Waals surface area contributed by atoms with Crippen molar-refractivity contribution in [3.05, 3.63) is 39.9 Å². The van der Waals surface area contributed by atoms with Crippen molar-refractivity contribution < 1.29 is 4.52 Å². The number of nitrogens with zero attached hydrogens (tertiary/aromatic N) is 3. The summed E-state index contributed by atoms with van der Waals surface area (Å²) < 4.78 is 6.79. The van der Waals surface area contributed by atoms with Crippen LogP contribution in [0.5, 0.6) is 0 Å². The number of aryl methyl sites for hydroxylation is 2. The van der Waals surface area contributed by atoms with E-state index in [0.717, 1.165) is 30.1 Å². The quantitative estimate of drug-likeness (QED) is 0.856. The summed E-state index contributed by atoms with van der Waals surface area (Å²) in [6.07, 6.45) is 3.41. The first-order chi connectivity index (χ1) is 8.58. The third-order valence-corrected chi connectivity index (χ3v) is 3.05. The summed E-state index contributed by atoms with van der Waals surface area (Å²) in [5.74, 6) is 0.859. The summed E-state index contributed by atoms with van der Waals surface area (Å²) in [6, 6.07) is 0. The zero-order valence-corrected chi connectivity index (χ0v) is 10.9. The molecule has 0 fully saturated rings. The molecular formula is C12H18N4O2. The molecule has 2 aromatic heterocycles. The van der Waals surface area contributed by atoms with Gasteiger partial charge in [-0.25, -0.2) is 4.79 Å². The highest BCUT2D eigenvalue weighted by atomic mass is 16.5. The van der Waals surface area contributed by atoms with Crippen LogP contribution in [0, 0.1) is 13.8 Å². The SMILES string of the molecule is Cc1noc(C)c1CN(C)CCn1cc[nH]c1=O. The first-order valence-corrected chi connectivity index (χ1v) is 5.92. The van der Waals surface area contributed by atoms with Crippen LogP contribution in [0.25, 0.3) is 0 Å². The van der Waals surface area contributed by atoms with E-state index in [1.807, 2.05) is 20.9 Å². The van der Waals surface area contributed by atoms with Crippen LogP contribution < -0.4 is 5.69 Å². The Bertz CT molecular complexity index is 547. The Morgan fingerprint density at radius 1 is 1.50 bits per heavy atom. The Labute approximate surface area is 105 Å². The maximum absolute atomic E-state index is 11.3. The van der Waals surface area contributed by atoms with Crippen molar-refractivity contribution in [2.24, 2.45) is 0 Å². The van der Waals surface area contributed by atoms with E-state index in [4.69, 9.17) is 4.52 Å².